The van der Waals surface area contributed by atoms with Crippen molar-refractivity contribution in [3.63, 3.8) is 0 Å². The van der Waals surface area contributed by atoms with E-state index in [9.17, 15) is 0 Å². The molecule has 1 atom stereocenters. The van der Waals surface area contributed by atoms with Gasteiger partial charge in [0, 0.05) is 0 Å². The molecular formula is C16H17NO2Se. The van der Waals surface area contributed by atoms with Crippen LogP contribution in [-0.2, 0) is 4.74 Å². The summed E-state index contributed by atoms with van der Waals surface area (Å²) >= 11 is 0.481. The van der Waals surface area contributed by atoms with Crippen LogP contribution >= 0.6 is 0 Å². The molecule has 0 N–H and O–H groups in total. The summed E-state index contributed by atoms with van der Waals surface area (Å²) in [6, 6.07) is 6.65. The Kier molecular flexibility index (Phi) is 3.40. The molecule has 2 aliphatic heterocycles. The van der Waals surface area contributed by atoms with E-state index in [-0.39, 0.29) is 6.10 Å². The first-order chi connectivity index (χ1) is 9.90. The number of hydrogen-bond donors (Lipinski definition) is 0. The Bertz CT molecular complexity index is 643. The second-order valence-electron chi connectivity index (χ2n) is 5.24. The van der Waals surface area contributed by atoms with Crippen molar-refractivity contribution in [3.8, 4) is 5.75 Å². The first-order valence-electron chi connectivity index (χ1n) is 7.05. The van der Waals surface area contributed by atoms with Gasteiger partial charge < -0.3 is 0 Å². The molecule has 0 saturated carbocycles. The molecule has 0 radical (unpaired) electrons. The van der Waals surface area contributed by atoms with E-state index in [2.05, 4.69) is 40.2 Å². The molecule has 104 valence electrons. The maximum atomic E-state index is 6.27. The Morgan fingerprint density at radius 3 is 3.00 bits per heavy atom. The van der Waals surface area contributed by atoms with Crippen molar-refractivity contribution >= 4 is 30.2 Å². The zero-order valence-corrected chi connectivity index (χ0v) is 13.0. The van der Waals surface area contributed by atoms with Gasteiger partial charge in [-0.25, -0.2) is 0 Å². The van der Waals surface area contributed by atoms with Gasteiger partial charge >= 0.3 is 124 Å². The normalized spacial score (nSPS) is 22.7. The fraction of sp³-hybridized carbons (Fsp3) is 0.375. The molecule has 0 spiro atoms. The molecule has 1 aromatic carbocycles. The summed E-state index contributed by atoms with van der Waals surface area (Å²) < 4.78 is 13.1. The minimum absolute atomic E-state index is 0.161. The van der Waals surface area contributed by atoms with Crippen molar-refractivity contribution in [2.75, 3.05) is 32.8 Å². The minimum atomic E-state index is 0.161. The topological polar surface area (TPSA) is 21.7 Å². The van der Waals surface area contributed by atoms with Crippen LogP contribution in [0.4, 0.5) is 0 Å². The van der Waals surface area contributed by atoms with Gasteiger partial charge in [-0.05, 0) is 0 Å². The Morgan fingerprint density at radius 2 is 2.10 bits per heavy atom. The van der Waals surface area contributed by atoms with E-state index < -0.39 is 0 Å². The standard InChI is InChI=1S/C16H17NO2Se/c1-3-13(11-17-6-8-18-9-7-17)19-16-12(1)2-4-15-14(16)5-10-20-15/h1-5,10,13H,6-9,11H2. The first kappa shape index (κ1) is 12.7. The average Bonchev–Trinajstić information content (AvgIpc) is 2.97. The third kappa shape index (κ3) is 2.33. The van der Waals surface area contributed by atoms with Crippen LogP contribution < -0.4 is 4.74 Å². The summed E-state index contributed by atoms with van der Waals surface area (Å²) in [4.78, 5) is 4.70. The second kappa shape index (κ2) is 5.38. The summed E-state index contributed by atoms with van der Waals surface area (Å²) in [6.45, 7) is 4.66. The summed E-state index contributed by atoms with van der Waals surface area (Å²) in [6.07, 6.45) is 4.56. The fourth-order valence-corrected chi connectivity index (χ4v) is 4.48. The van der Waals surface area contributed by atoms with E-state index in [4.69, 9.17) is 9.47 Å². The maximum absolute atomic E-state index is 6.27. The van der Waals surface area contributed by atoms with Crippen LogP contribution in [0.15, 0.2) is 29.2 Å². The number of ether oxygens (including phenoxy) is 2. The molecule has 1 unspecified atom stereocenters. The third-order valence-corrected chi connectivity index (χ3v) is 5.77. The van der Waals surface area contributed by atoms with Crippen molar-refractivity contribution in [3.05, 3.63) is 34.8 Å². The van der Waals surface area contributed by atoms with E-state index in [0.29, 0.717) is 14.5 Å². The van der Waals surface area contributed by atoms with Crippen molar-refractivity contribution in [2.45, 2.75) is 6.10 Å². The van der Waals surface area contributed by atoms with Gasteiger partial charge in [0.15, 0.2) is 0 Å². The Morgan fingerprint density at radius 1 is 1.20 bits per heavy atom. The van der Waals surface area contributed by atoms with E-state index in [1.54, 1.807) is 0 Å². The molecule has 3 heterocycles. The molecule has 4 rings (SSSR count). The van der Waals surface area contributed by atoms with E-state index in [1.165, 1.54) is 15.2 Å². The fourth-order valence-electron chi connectivity index (χ4n) is 2.84. The van der Waals surface area contributed by atoms with Crippen LogP contribution in [0, 0.1) is 0 Å². The van der Waals surface area contributed by atoms with Gasteiger partial charge in [0.2, 0.25) is 0 Å². The monoisotopic (exact) mass is 335 g/mol. The van der Waals surface area contributed by atoms with Crippen LogP contribution in [0.1, 0.15) is 5.56 Å². The van der Waals surface area contributed by atoms with E-state index >= 15 is 0 Å². The van der Waals surface area contributed by atoms with Crippen molar-refractivity contribution in [1.82, 2.24) is 4.90 Å². The average molecular weight is 334 g/mol. The van der Waals surface area contributed by atoms with E-state index in [0.717, 1.165) is 38.6 Å². The quantitative estimate of drug-likeness (QED) is 0.784. The molecule has 1 saturated heterocycles. The number of fused-ring (bicyclic) bond motifs is 3. The van der Waals surface area contributed by atoms with Gasteiger partial charge in [-0.3, -0.25) is 0 Å². The zero-order chi connectivity index (χ0) is 13.4. The number of benzene rings is 1. The Balaban J connectivity index is 1.57. The molecule has 2 aromatic rings. The number of rotatable bonds is 2. The van der Waals surface area contributed by atoms with Gasteiger partial charge in [-0.15, -0.1) is 0 Å². The predicted octanol–water partition coefficient (Wildman–Crippen LogP) is 2.00. The van der Waals surface area contributed by atoms with Gasteiger partial charge in [-0.2, -0.15) is 0 Å². The Hall–Kier alpha value is -1.06. The molecule has 2 aliphatic rings. The molecule has 0 aliphatic carbocycles. The first-order valence-corrected chi connectivity index (χ1v) is 8.90. The van der Waals surface area contributed by atoms with Gasteiger partial charge in [0.05, 0.1) is 0 Å². The van der Waals surface area contributed by atoms with Crippen molar-refractivity contribution in [1.29, 1.82) is 0 Å². The molecule has 0 bridgehead atoms. The molecule has 0 amide bonds. The van der Waals surface area contributed by atoms with Crippen molar-refractivity contribution < 1.29 is 9.47 Å². The molecular weight excluding hydrogens is 317 g/mol. The molecule has 3 nitrogen and oxygen atoms in total. The molecule has 20 heavy (non-hydrogen) atoms. The number of hydrogen-bond acceptors (Lipinski definition) is 3. The summed E-state index contributed by atoms with van der Waals surface area (Å²) in [7, 11) is 0. The Labute approximate surface area is 124 Å². The van der Waals surface area contributed by atoms with Crippen LogP contribution in [0.3, 0.4) is 0 Å². The molecule has 4 heteroatoms. The van der Waals surface area contributed by atoms with Crippen LogP contribution in [0.5, 0.6) is 5.75 Å². The van der Waals surface area contributed by atoms with Gasteiger partial charge in [-0.1, -0.05) is 0 Å². The van der Waals surface area contributed by atoms with Crippen LogP contribution in [0.25, 0.3) is 15.7 Å². The third-order valence-electron chi connectivity index (χ3n) is 3.92. The van der Waals surface area contributed by atoms with E-state index in [1.807, 2.05) is 0 Å². The van der Waals surface area contributed by atoms with Crippen molar-refractivity contribution in [2.24, 2.45) is 0 Å². The second-order valence-corrected chi connectivity index (χ2v) is 7.23. The van der Waals surface area contributed by atoms with Crippen LogP contribution in [-0.4, -0.2) is 58.4 Å². The zero-order valence-electron chi connectivity index (χ0n) is 11.2. The summed E-state index contributed by atoms with van der Waals surface area (Å²) in [5.41, 5.74) is 1.21. The SMILES string of the molecule is C1=CC(CN2CCOCC2)Oc2c1ccc1[se]ccc21. The predicted molar refractivity (Wildman–Crippen MR) is 81.6 cm³/mol. The summed E-state index contributed by atoms with van der Waals surface area (Å²) in [5.74, 6) is 1.08. The van der Waals surface area contributed by atoms with Crippen LogP contribution in [0.2, 0.25) is 0 Å². The molecule has 1 aromatic heterocycles. The van der Waals surface area contributed by atoms with Gasteiger partial charge in [0.25, 0.3) is 0 Å². The molecule has 1 fully saturated rings. The van der Waals surface area contributed by atoms with Gasteiger partial charge in [0.1, 0.15) is 0 Å². The number of morpholine rings is 1. The number of nitrogens with zero attached hydrogens (tertiary/aromatic N) is 1. The summed E-state index contributed by atoms with van der Waals surface area (Å²) in [5, 5.41) is 1.30.